The normalized spacial score (nSPS) is 10.2. The minimum Gasteiger partial charge on any atom is -0.468 e. The van der Waals surface area contributed by atoms with Crippen LogP contribution >= 0.6 is 0 Å². The van der Waals surface area contributed by atoms with Crippen LogP contribution in [0, 0.1) is 0 Å². The summed E-state index contributed by atoms with van der Waals surface area (Å²) in [6.07, 6.45) is 0.277. The van der Waals surface area contributed by atoms with E-state index in [9.17, 15) is 4.79 Å². The van der Waals surface area contributed by atoms with E-state index >= 15 is 0 Å². The Labute approximate surface area is 122 Å². The van der Waals surface area contributed by atoms with Gasteiger partial charge in [0.05, 0.1) is 0 Å². The SMILES string of the molecule is O=C(Cc1ccc(OCO)cc1)c1ccc(OCO)cc1. The van der Waals surface area contributed by atoms with Crippen molar-refractivity contribution in [1.82, 2.24) is 0 Å². The van der Waals surface area contributed by atoms with Gasteiger partial charge >= 0.3 is 0 Å². The second kappa shape index (κ2) is 7.42. The molecule has 0 aromatic heterocycles. The van der Waals surface area contributed by atoms with Gasteiger partial charge in [-0.2, -0.15) is 0 Å². The van der Waals surface area contributed by atoms with Crippen molar-refractivity contribution in [3.63, 3.8) is 0 Å². The van der Waals surface area contributed by atoms with Gasteiger partial charge in [0.25, 0.3) is 0 Å². The van der Waals surface area contributed by atoms with E-state index in [-0.39, 0.29) is 19.0 Å². The Morgan fingerprint density at radius 1 is 0.810 bits per heavy atom. The van der Waals surface area contributed by atoms with Gasteiger partial charge in [0.2, 0.25) is 0 Å². The molecule has 0 bridgehead atoms. The predicted octanol–water partition coefficient (Wildman–Crippen LogP) is 1.77. The molecule has 110 valence electrons. The third-order valence-corrected chi connectivity index (χ3v) is 2.93. The Morgan fingerprint density at radius 3 is 1.76 bits per heavy atom. The first-order valence-corrected chi connectivity index (χ1v) is 6.42. The molecule has 0 heterocycles. The van der Waals surface area contributed by atoms with E-state index in [0.717, 1.165) is 5.56 Å². The van der Waals surface area contributed by atoms with Crippen LogP contribution in [0.4, 0.5) is 0 Å². The Bertz CT molecular complexity index is 575. The summed E-state index contributed by atoms with van der Waals surface area (Å²) in [5, 5.41) is 17.3. The van der Waals surface area contributed by atoms with Gasteiger partial charge in [-0.25, -0.2) is 0 Å². The van der Waals surface area contributed by atoms with E-state index in [4.69, 9.17) is 19.7 Å². The summed E-state index contributed by atoms with van der Waals surface area (Å²) in [5.41, 5.74) is 1.44. The summed E-state index contributed by atoms with van der Waals surface area (Å²) in [5.74, 6) is 1.06. The highest BCUT2D eigenvalue weighted by Crippen LogP contribution is 2.16. The molecule has 0 aliphatic heterocycles. The fourth-order valence-corrected chi connectivity index (χ4v) is 1.88. The summed E-state index contributed by atoms with van der Waals surface area (Å²) in [7, 11) is 0. The van der Waals surface area contributed by atoms with Crippen molar-refractivity contribution in [3.8, 4) is 11.5 Å². The van der Waals surface area contributed by atoms with Crippen LogP contribution in [0.15, 0.2) is 48.5 Å². The van der Waals surface area contributed by atoms with Gasteiger partial charge < -0.3 is 19.7 Å². The molecule has 21 heavy (non-hydrogen) atoms. The number of benzene rings is 2. The van der Waals surface area contributed by atoms with Crippen molar-refractivity contribution in [2.75, 3.05) is 13.6 Å². The molecule has 5 heteroatoms. The lowest BCUT2D eigenvalue weighted by Gasteiger charge is -2.06. The first-order chi connectivity index (χ1) is 10.2. The van der Waals surface area contributed by atoms with E-state index in [0.29, 0.717) is 17.1 Å². The van der Waals surface area contributed by atoms with Crippen LogP contribution in [0.2, 0.25) is 0 Å². The Balaban J connectivity index is 2.00. The van der Waals surface area contributed by atoms with Crippen molar-refractivity contribution in [2.45, 2.75) is 6.42 Å². The molecule has 0 saturated heterocycles. The molecule has 0 amide bonds. The highest BCUT2D eigenvalue weighted by Gasteiger charge is 2.07. The van der Waals surface area contributed by atoms with Crippen molar-refractivity contribution in [2.24, 2.45) is 0 Å². The number of carbonyl (C=O) groups excluding carboxylic acids is 1. The lowest BCUT2D eigenvalue weighted by atomic mass is 10.0. The number of Topliss-reactive ketones (excluding diaryl/α,β-unsaturated/α-hetero) is 1. The van der Waals surface area contributed by atoms with Gasteiger partial charge in [0.15, 0.2) is 19.4 Å². The first-order valence-electron chi connectivity index (χ1n) is 6.42. The number of ether oxygens (including phenoxy) is 2. The van der Waals surface area contributed by atoms with E-state index in [1.807, 2.05) is 0 Å². The maximum atomic E-state index is 12.1. The molecule has 5 nitrogen and oxygen atoms in total. The topological polar surface area (TPSA) is 76.0 Å². The monoisotopic (exact) mass is 288 g/mol. The summed E-state index contributed by atoms with van der Waals surface area (Å²) in [6.45, 7) is -0.768. The summed E-state index contributed by atoms with van der Waals surface area (Å²) >= 11 is 0. The molecular weight excluding hydrogens is 272 g/mol. The number of hydrogen-bond donors (Lipinski definition) is 2. The van der Waals surface area contributed by atoms with Gasteiger partial charge in [-0.3, -0.25) is 4.79 Å². The average molecular weight is 288 g/mol. The highest BCUT2D eigenvalue weighted by atomic mass is 16.6. The molecule has 0 aliphatic rings. The zero-order valence-corrected chi connectivity index (χ0v) is 11.4. The molecule has 0 saturated carbocycles. The summed E-state index contributed by atoms with van der Waals surface area (Å²) in [4.78, 5) is 12.1. The zero-order chi connectivity index (χ0) is 15.1. The first kappa shape index (κ1) is 15.0. The maximum absolute atomic E-state index is 12.1. The van der Waals surface area contributed by atoms with Crippen LogP contribution in [-0.2, 0) is 6.42 Å². The Hall–Kier alpha value is -2.37. The van der Waals surface area contributed by atoms with Crippen LogP contribution in [0.25, 0.3) is 0 Å². The van der Waals surface area contributed by atoms with E-state index in [1.54, 1.807) is 48.5 Å². The minimum absolute atomic E-state index is 0.0126. The second-order valence-corrected chi connectivity index (χ2v) is 4.32. The van der Waals surface area contributed by atoms with Crippen LogP contribution in [0.5, 0.6) is 11.5 Å². The van der Waals surface area contributed by atoms with Gasteiger partial charge in [-0.05, 0) is 42.0 Å². The quantitative estimate of drug-likeness (QED) is 0.600. The van der Waals surface area contributed by atoms with Crippen LogP contribution < -0.4 is 9.47 Å². The van der Waals surface area contributed by atoms with Crippen molar-refractivity contribution >= 4 is 5.78 Å². The Morgan fingerprint density at radius 2 is 1.29 bits per heavy atom. The predicted molar refractivity (Wildman–Crippen MR) is 76.3 cm³/mol. The smallest absolute Gasteiger partial charge is 0.186 e. The third-order valence-electron chi connectivity index (χ3n) is 2.93. The molecule has 0 atom stereocenters. The maximum Gasteiger partial charge on any atom is 0.186 e. The molecule has 0 unspecified atom stereocenters. The molecule has 0 radical (unpaired) electrons. The lowest BCUT2D eigenvalue weighted by Crippen LogP contribution is -2.04. The number of aliphatic hydroxyl groups excluding tert-OH is 2. The van der Waals surface area contributed by atoms with Gasteiger partial charge in [-0.15, -0.1) is 0 Å². The summed E-state index contributed by atoms with van der Waals surface area (Å²) in [6, 6.07) is 13.6. The van der Waals surface area contributed by atoms with E-state index < -0.39 is 6.79 Å². The second-order valence-electron chi connectivity index (χ2n) is 4.32. The number of rotatable bonds is 7. The van der Waals surface area contributed by atoms with Gasteiger partial charge in [0.1, 0.15) is 11.5 Å². The molecular formula is C16H16O5. The van der Waals surface area contributed by atoms with Crippen LogP contribution in [0.1, 0.15) is 15.9 Å². The summed E-state index contributed by atoms with van der Waals surface area (Å²) < 4.78 is 9.83. The fraction of sp³-hybridized carbons (Fsp3) is 0.188. The van der Waals surface area contributed by atoms with E-state index in [2.05, 4.69) is 0 Å². The van der Waals surface area contributed by atoms with E-state index in [1.165, 1.54) is 0 Å². The number of aliphatic hydroxyl groups is 2. The molecule has 0 fully saturated rings. The van der Waals surface area contributed by atoms with Gasteiger partial charge in [-0.1, -0.05) is 12.1 Å². The molecule has 0 aliphatic carbocycles. The minimum atomic E-state index is -0.393. The highest BCUT2D eigenvalue weighted by molar-refractivity contribution is 5.97. The molecule has 2 aromatic rings. The number of carbonyl (C=O) groups is 1. The number of ketones is 1. The largest absolute Gasteiger partial charge is 0.468 e. The van der Waals surface area contributed by atoms with Gasteiger partial charge in [0, 0.05) is 12.0 Å². The van der Waals surface area contributed by atoms with Crippen molar-refractivity contribution in [1.29, 1.82) is 0 Å². The molecule has 2 rings (SSSR count). The number of hydrogen-bond acceptors (Lipinski definition) is 5. The van der Waals surface area contributed by atoms with Crippen LogP contribution in [-0.4, -0.2) is 29.6 Å². The Kier molecular flexibility index (Phi) is 5.31. The molecule has 2 N–H and O–H groups in total. The molecule has 2 aromatic carbocycles. The van der Waals surface area contributed by atoms with Crippen LogP contribution in [0.3, 0.4) is 0 Å². The van der Waals surface area contributed by atoms with Crippen molar-refractivity contribution < 1.29 is 24.5 Å². The molecule has 0 spiro atoms. The third kappa shape index (κ3) is 4.30. The standard InChI is InChI=1S/C16H16O5/c17-10-20-14-5-1-12(2-6-14)9-16(19)13-3-7-15(8-4-13)21-11-18/h1-8,17-18H,9-11H2. The lowest BCUT2D eigenvalue weighted by molar-refractivity contribution is 0.0973. The fourth-order valence-electron chi connectivity index (χ4n) is 1.88. The zero-order valence-electron chi connectivity index (χ0n) is 11.4. The van der Waals surface area contributed by atoms with Crippen molar-refractivity contribution in [3.05, 3.63) is 59.7 Å². The average Bonchev–Trinajstić information content (AvgIpc) is 2.50.